The van der Waals surface area contributed by atoms with E-state index in [1.54, 1.807) is 31.2 Å². The van der Waals surface area contributed by atoms with Crippen molar-refractivity contribution in [3.8, 4) is 17.4 Å². The van der Waals surface area contributed by atoms with E-state index in [4.69, 9.17) is 14.6 Å². The minimum atomic E-state index is -3.63. The number of carboxylic acids is 1. The molecule has 3 aromatic rings. The normalized spacial score (nSPS) is 11.5. The highest BCUT2D eigenvalue weighted by Crippen LogP contribution is 2.39. The first kappa shape index (κ1) is 27.4. The van der Waals surface area contributed by atoms with Crippen LogP contribution in [0.1, 0.15) is 52.9 Å². The van der Waals surface area contributed by atoms with Crippen LogP contribution in [0.15, 0.2) is 42.6 Å². The number of ether oxygens (including phenoxy) is 2. The minimum Gasteiger partial charge on any atom is -0.492 e. The molecule has 0 radical (unpaired) electrons. The van der Waals surface area contributed by atoms with Gasteiger partial charge in [-0.05, 0) is 53.8 Å². The molecule has 0 fully saturated rings. The van der Waals surface area contributed by atoms with Crippen LogP contribution in [0, 0.1) is 6.92 Å². The monoisotopic (exact) mass is 528 g/mol. The lowest BCUT2D eigenvalue weighted by molar-refractivity contribution is 0.0682. The number of nitrogens with zero attached hydrogens (tertiary/aromatic N) is 2. The molecule has 1 heterocycles. The van der Waals surface area contributed by atoms with Crippen LogP contribution in [-0.4, -0.2) is 48.7 Å². The van der Waals surface area contributed by atoms with Crippen molar-refractivity contribution in [2.45, 2.75) is 33.1 Å². The molecule has 0 unspecified atom stereocenters. The van der Waals surface area contributed by atoms with Crippen LogP contribution < -0.4 is 19.5 Å². The Kier molecular flexibility index (Phi) is 7.72. The summed E-state index contributed by atoms with van der Waals surface area (Å²) in [5, 5.41) is 11.9. The van der Waals surface area contributed by atoms with E-state index >= 15 is 0 Å². The molecule has 12 heteroatoms. The van der Waals surface area contributed by atoms with Gasteiger partial charge in [-0.2, -0.15) is 4.98 Å². The summed E-state index contributed by atoms with van der Waals surface area (Å²) >= 11 is 0. The zero-order valence-electron chi connectivity index (χ0n) is 21.2. The van der Waals surface area contributed by atoms with E-state index in [-0.39, 0.29) is 39.7 Å². The number of aromatic carboxylic acids is 1. The van der Waals surface area contributed by atoms with Crippen LogP contribution in [0.4, 0.5) is 11.4 Å². The first-order chi connectivity index (χ1) is 17.2. The Morgan fingerprint density at radius 2 is 1.73 bits per heavy atom. The summed E-state index contributed by atoms with van der Waals surface area (Å²) in [4.78, 5) is 31.9. The lowest BCUT2D eigenvalue weighted by Crippen LogP contribution is -2.18. The van der Waals surface area contributed by atoms with Gasteiger partial charge in [-0.3, -0.25) is 9.52 Å². The van der Waals surface area contributed by atoms with Crippen molar-refractivity contribution in [1.29, 1.82) is 0 Å². The van der Waals surface area contributed by atoms with E-state index < -0.39 is 27.7 Å². The van der Waals surface area contributed by atoms with Gasteiger partial charge in [0.2, 0.25) is 21.7 Å². The molecule has 3 N–H and O–H groups in total. The number of aryl methyl sites for hydroxylation is 1. The summed E-state index contributed by atoms with van der Waals surface area (Å²) in [5.74, 6) is -1.82. The van der Waals surface area contributed by atoms with E-state index in [2.05, 4.69) is 20.0 Å². The fraction of sp³-hybridized carbons (Fsp3) is 0.280. The molecule has 1 aromatic heterocycles. The van der Waals surface area contributed by atoms with Crippen LogP contribution in [0.25, 0.3) is 0 Å². The molecule has 0 saturated heterocycles. The standard InChI is InChI=1S/C25H28N4O7S/c1-14-9-15(11-17(10-14)36-20-7-8-26-22(28-20)24(31)32)23(30)27-18-12-16(25(2,3)4)13-19(21(18)35-5)29-37(6,33)34/h7-13,29H,1-6H3,(H,27,30)(H,31,32). The number of anilines is 2. The van der Waals surface area contributed by atoms with Crippen LogP contribution in [0.5, 0.6) is 17.4 Å². The molecule has 37 heavy (non-hydrogen) atoms. The number of hydrogen-bond acceptors (Lipinski definition) is 8. The molecule has 0 aliphatic carbocycles. The highest BCUT2D eigenvalue weighted by atomic mass is 32.2. The maximum Gasteiger partial charge on any atom is 0.374 e. The molecular weight excluding hydrogens is 500 g/mol. The van der Waals surface area contributed by atoms with Crippen LogP contribution in [0.2, 0.25) is 0 Å². The third kappa shape index (κ3) is 7.17. The molecule has 0 spiro atoms. The summed E-state index contributed by atoms with van der Waals surface area (Å²) in [6.45, 7) is 7.63. The molecule has 11 nitrogen and oxygen atoms in total. The Morgan fingerprint density at radius 3 is 2.32 bits per heavy atom. The highest BCUT2D eigenvalue weighted by Gasteiger charge is 2.23. The Balaban J connectivity index is 1.99. The fourth-order valence-electron chi connectivity index (χ4n) is 3.41. The number of amides is 1. The van der Waals surface area contributed by atoms with Crippen LogP contribution >= 0.6 is 0 Å². The summed E-state index contributed by atoms with van der Waals surface area (Å²) in [5.41, 5.74) is 1.81. The average Bonchev–Trinajstić information content (AvgIpc) is 2.77. The smallest absolute Gasteiger partial charge is 0.374 e. The lowest BCUT2D eigenvalue weighted by Gasteiger charge is -2.24. The van der Waals surface area contributed by atoms with Crippen molar-refractivity contribution in [1.82, 2.24) is 9.97 Å². The number of methoxy groups -OCH3 is 1. The SMILES string of the molecule is COc1c(NC(=O)c2cc(C)cc(Oc3ccnc(C(=O)O)n3)c2)cc(C(C)(C)C)cc1NS(C)(=O)=O. The van der Waals surface area contributed by atoms with Crippen LogP contribution in [-0.2, 0) is 15.4 Å². The Morgan fingerprint density at radius 1 is 1.05 bits per heavy atom. The predicted molar refractivity (Wildman–Crippen MR) is 138 cm³/mol. The van der Waals surface area contributed by atoms with Crippen molar-refractivity contribution >= 4 is 33.3 Å². The number of hydrogen-bond donors (Lipinski definition) is 3. The lowest BCUT2D eigenvalue weighted by atomic mass is 9.86. The molecule has 196 valence electrons. The fourth-order valence-corrected chi connectivity index (χ4v) is 3.96. The summed E-state index contributed by atoms with van der Waals surface area (Å²) in [6.07, 6.45) is 2.28. The molecular formula is C25H28N4O7S. The summed E-state index contributed by atoms with van der Waals surface area (Å²) in [7, 11) is -2.25. The molecule has 2 aromatic carbocycles. The zero-order valence-corrected chi connectivity index (χ0v) is 22.1. The topological polar surface area (TPSA) is 157 Å². The molecule has 0 bridgehead atoms. The van der Waals surface area contributed by atoms with Crippen LogP contribution in [0.3, 0.4) is 0 Å². The van der Waals surface area contributed by atoms with Crippen molar-refractivity contribution in [2.75, 3.05) is 23.4 Å². The summed E-state index contributed by atoms with van der Waals surface area (Å²) < 4.78 is 37.5. The van der Waals surface area contributed by atoms with E-state index in [0.29, 0.717) is 5.56 Å². The van der Waals surface area contributed by atoms with E-state index in [1.807, 2.05) is 20.8 Å². The van der Waals surface area contributed by atoms with Gasteiger partial charge in [0.1, 0.15) is 5.75 Å². The maximum absolute atomic E-state index is 13.3. The molecule has 1 amide bonds. The number of nitrogens with one attached hydrogen (secondary N) is 2. The average molecular weight is 529 g/mol. The Hall–Kier alpha value is -4.19. The number of sulfonamides is 1. The number of carbonyl (C=O) groups excluding carboxylic acids is 1. The first-order valence-electron chi connectivity index (χ1n) is 11.0. The van der Waals surface area contributed by atoms with Gasteiger partial charge in [-0.25, -0.2) is 18.2 Å². The molecule has 0 atom stereocenters. The van der Waals surface area contributed by atoms with Crippen molar-refractivity contribution in [3.05, 3.63) is 65.1 Å². The van der Waals surface area contributed by atoms with E-state index in [9.17, 15) is 18.0 Å². The number of carbonyl (C=O) groups is 2. The van der Waals surface area contributed by atoms with E-state index in [0.717, 1.165) is 11.8 Å². The van der Waals surface area contributed by atoms with Gasteiger partial charge in [-0.15, -0.1) is 0 Å². The van der Waals surface area contributed by atoms with Gasteiger partial charge < -0.3 is 19.9 Å². The minimum absolute atomic E-state index is 0.000368. The summed E-state index contributed by atoms with van der Waals surface area (Å²) in [6, 6.07) is 9.57. The van der Waals surface area contributed by atoms with Crippen molar-refractivity contribution < 1.29 is 32.6 Å². The van der Waals surface area contributed by atoms with Gasteiger partial charge in [0.15, 0.2) is 5.75 Å². The first-order valence-corrected chi connectivity index (χ1v) is 12.9. The van der Waals surface area contributed by atoms with Gasteiger partial charge in [0, 0.05) is 17.8 Å². The largest absolute Gasteiger partial charge is 0.492 e. The number of carboxylic acid groups (broad SMARTS) is 1. The Labute approximate surface area is 214 Å². The second-order valence-electron chi connectivity index (χ2n) is 9.34. The predicted octanol–water partition coefficient (Wildman–Crippen LogP) is 4.21. The second-order valence-corrected chi connectivity index (χ2v) is 11.1. The third-order valence-electron chi connectivity index (χ3n) is 5.06. The third-order valence-corrected chi connectivity index (χ3v) is 5.65. The second kappa shape index (κ2) is 10.4. The molecule has 3 rings (SSSR count). The maximum atomic E-state index is 13.3. The number of aromatic nitrogens is 2. The van der Waals surface area contributed by atoms with Crippen molar-refractivity contribution in [2.24, 2.45) is 0 Å². The van der Waals surface area contributed by atoms with Crippen molar-refractivity contribution in [3.63, 3.8) is 0 Å². The zero-order chi connectivity index (χ0) is 27.5. The van der Waals surface area contributed by atoms with Gasteiger partial charge in [-0.1, -0.05) is 20.8 Å². The van der Waals surface area contributed by atoms with Gasteiger partial charge in [0.05, 0.1) is 24.7 Å². The number of rotatable bonds is 8. The molecule has 0 saturated carbocycles. The quantitative estimate of drug-likeness (QED) is 0.390. The molecule has 0 aliphatic heterocycles. The van der Waals surface area contributed by atoms with Gasteiger partial charge in [0.25, 0.3) is 5.91 Å². The molecule has 0 aliphatic rings. The Bertz CT molecular complexity index is 1460. The number of benzene rings is 2. The van der Waals surface area contributed by atoms with Gasteiger partial charge >= 0.3 is 5.97 Å². The van der Waals surface area contributed by atoms with E-state index in [1.165, 1.54) is 25.4 Å². The highest BCUT2D eigenvalue weighted by molar-refractivity contribution is 7.92.